The van der Waals surface area contributed by atoms with E-state index in [2.05, 4.69) is 37.9 Å². The van der Waals surface area contributed by atoms with Gasteiger partial charge in [0.2, 0.25) is 0 Å². The number of hydrogen-bond donors (Lipinski definition) is 0. The Morgan fingerprint density at radius 2 is 1.88 bits per heavy atom. The van der Waals surface area contributed by atoms with Gasteiger partial charge in [-0.3, -0.25) is 9.98 Å². The highest BCUT2D eigenvalue weighted by Gasteiger charge is 2.06. The molecular weight excluding hydrogens is 316 g/mol. The van der Waals surface area contributed by atoms with E-state index in [1.165, 1.54) is 0 Å². The minimum Gasteiger partial charge on any atom is -0.284 e. The first-order valence-corrected chi connectivity index (χ1v) is 8.69. The second-order valence-corrected chi connectivity index (χ2v) is 5.73. The molecule has 0 radical (unpaired) electrons. The molecule has 0 fully saturated rings. The van der Waals surface area contributed by atoms with E-state index >= 15 is 0 Å². The van der Waals surface area contributed by atoms with Crippen LogP contribution in [0.3, 0.4) is 0 Å². The Morgan fingerprint density at radius 1 is 1.15 bits per heavy atom. The van der Waals surface area contributed by atoms with Gasteiger partial charge in [-0.05, 0) is 31.2 Å². The maximum atomic E-state index is 4.80. The van der Waals surface area contributed by atoms with Crippen molar-refractivity contribution < 1.29 is 0 Å². The van der Waals surface area contributed by atoms with E-state index in [1.54, 1.807) is 12.2 Å². The minimum absolute atomic E-state index is 0.321. The molecule has 1 rings (SSSR count). The number of allylic oxidation sites excluding steroid dienone is 8. The number of benzene rings is 1. The van der Waals surface area contributed by atoms with Crippen LogP contribution in [0.5, 0.6) is 0 Å². The Balaban J connectivity index is 3.23. The SMILES string of the molecule is C=C/C=C(\C=C)C(/C=C(\N=C)c1ccccc1)=NCC(C)/C=C\C=C/C. The molecule has 0 aromatic heterocycles. The average Bonchev–Trinajstić information content (AvgIpc) is 2.67. The van der Waals surface area contributed by atoms with E-state index in [4.69, 9.17) is 4.99 Å². The topological polar surface area (TPSA) is 24.7 Å². The van der Waals surface area contributed by atoms with E-state index in [0.717, 1.165) is 22.5 Å². The summed E-state index contributed by atoms with van der Waals surface area (Å²) in [7, 11) is 0. The lowest BCUT2D eigenvalue weighted by molar-refractivity contribution is 0.742. The molecule has 26 heavy (non-hydrogen) atoms. The predicted octanol–water partition coefficient (Wildman–Crippen LogP) is 6.24. The molecule has 0 bridgehead atoms. The third-order valence-corrected chi connectivity index (χ3v) is 3.62. The van der Waals surface area contributed by atoms with Gasteiger partial charge in [0.1, 0.15) is 0 Å². The Bertz CT molecular complexity index is 744. The van der Waals surface area contributed by atoms with E-state index in [1.807, 2.05) is 67.6 Å². The van der Waals surface area contributed by atoms with Gasteiger partial charge in [-0.1, -0.05) is 92.9 Å². The zero-order valence-corrected chi connectivity index (χ0v) is 15.8. The number of rotatable bonds is 10. The molecule has 0 aliphatic rings. The molecule has 1 unspecified atom stereocenters. The quantitative estimate of drug-likeness (QED) is 0.355. The standard InChI is InChI=1S/C24H28N2/c1-6-9-11-15-20(4)19-26-24(21(8-3)14-7-2)18-23(25-5)22-16-12-10-13-17-22/h6-18,20H,2-3,5,19H2,1,4H3/b9-6-,15-11-,21-14+,23-18-,26-24?. The molecular formula is C24H28N2. The summed E-state index contributed by atoms with van der Waals surface area (Å²) >= 11 is 0. The lowest BCUT2D eigenvalue weighted by Gasteiger charge is -2.08. The van der Waals surface area contributed by atoms with Gasteiger partial charge in [0.05, 0.1) is 11.4 Å². The molecule has 0 aliphatic heterocycles. The van der Waals surface area contributed by atoms with Crippen molar-refractivity contribution in [1.29, 1.82) is 0 Å². The fourth-order valence-corrected chi connectivity index (χ4v) is 2.23. The van der Waals surface area contributed by atoms with E-state index < -0.39 is 0 Å². The first-order valence-electron chi connectivity index (χ1n) is 8.69. The van der Waals surface area contributed by atoms with E-state index in [-0.39, 0.29) is 0 Å². The lowest BCUT2D eigenvalue weighted by Crippen LogP contribution is -2.04. The Hall–Kier alpha value is -3.00. The summed E-state index contributed by atoms with van der Waals surface area (Å²) < 4.78 is 0. The van der Waals surface area contributed by atoms with Gasteiger partial charge < -0.3 is 0 Å². The summed E-state index contributed by atoms with van der Waals surface area (Å²) in [6, 6.07) is 9.95. The van der Waals surface area contributed by atoms with Crippen LogP contribution in [0.2, 0.25) is 0 Å². The van der Waals surface area contributed by atoms with Crippen molar-refractivity contribution in [3.63, 3.8) is 0 Å². The van der Waals surface area contributed by atoms with Crippen molar-refractivity contribution in [1.82, 2.24) is 0 Å². The van der Waals surface area contributed by atoms with Crippen LogP contribution in [0.25, 0.3) is 5.70 Å². The molecule has 0 N–H and O–H groups in total. The van der Waals surface area contributed by atoms with Crippen LogP contribution in [0.1, 0.15) is 19.4 Å². The van der Waals surface area contributed by atoms with Crippen molar-refractivity contribution in [2.24, 2.45) is 15.9 Å². The maximum Gasteiger partial charge on any atom is 0.0716 e. The Kier molecular flexibility index (Phi) is 10.0. The highest BCUT2D eigenvalue weighted by molar-refractivity contribution is 6.13. The van der Waals surface area contributed by atoms with Crippen molar-refractivity contribution >= 4 is 18.1 Å². The van der Waals surface area contributed by atoms with Crippen molar-refractivity contribution in [3.8, 4) is 0 Å². The molecule has 1 aromatic rings. The molecule has 134 valence electrons. The van der Waals surface area contributed by atoms with Gasteiger partial charge in [-0.25, -0.2) is 0 Å². The zero-order chi connectivity index (χ0) is 19.2. The molecule has 1 atom stereocenters. The lowest BCUT2D eigenvalue weighted by atomic mass is 10.1. The molecule has 2 nitrogen and oxygen atoms in total. The fraction of sp³-hybridized carbons (Fsp3) is 0.167. The van der Waals surface area contributed by atoms with Gasteiger partial charge in [0.25, 0.3) is 0 Å². The second-order valence-electron chi connectivity index (χ2n) is 5.73. The van der Waals surface area contributed by atoms with Gasteiger partial charge in [0.15, 0.2) is 0 Å². The van der Waals surface area contributed by atoms with Crippen molar-refractivity contribution in [3.05, 3.63) is 103 Å². The maximum absolute atomic E-state index is 4.80. The van der Waals surface area contributed by atoms with Crippen LogP contribution in [0.15, 0.2) is 108 Å². The summed E-state index contributed by atoms with van der Waals surface area (Å²) in [5.74, 6) is 0.321. The van der Waals surface area contributed by atoms with Gasteiger partial charge >= 0.3 is 0 Å². The fourth-order valence-electron chi connectivity index (χ4n) is 2.23. The Morgan fingerprint density at radius 3 is 2.46 bits per heavy atom. The smallest absolute Gasteiger partial charge is 0.0716 e. The van der Waals surface area contributed by atoms with Crippen molar-refractivity contribution in [2.75, 3.05) is 6.54 Å². The third-order valence-electron chi connectivity index (χ3n) is 3.62. The number of nitrogens with zero attached hydrogens (tertiary/aromatic N) is 2. The molecule has 2 heteroatoms. The molecule has 0 saturated heterocycles. The molecule has 0 heterocycles. The molecule has 0 amide bonds. The predicted molar refractivity (Wildman–Crippen MR) is 118 cm³/mol. The van der Waals surface area contributed by atoms with Gasteiger partial charge in [0, 0.05) is 12.1 Å². The summed E-state index contributed by atoms with van der Waals surface area (Å²) in [5.41, 5.74) is 3.50. The van der Waals surface area contributed by atoms with Crippen LogP contribution < -0.4 is 0 Å². The molecule has 0 spiro atoms. The van der Waals surface area contributed by atoms with Crippen molar-refractivity contribution in [2.45, 2.75) is 13.8 Å². The van der Waals surface area contributed by atoms with Gasteiger partial charge in [-0.15, -0.1) is 0 Å². The zero-order valence-electron chi connectivity index (χ0n) is 15.8. The average molecular weight is 345 g/mol. The third kappa shape index (κ3) is 7.27. The van der Waals surface area contributed by atoms with Crippen LogP contribution in [0.4, 0.5) is 0 Å². The van der Waals surface area contributed by atoms with E-state index in [9.17, 15) is 0 Å². The molecule has 0 saturated carbocycles. The largest absolute Gasteiger partial charge is 0.284 e. The van der Waals surface area contributed by atoms with E-state index in [0.29, 0.717) is 12.5 Å². The normalized spacial score (nSPS) is 14.6. The molecule has 1 aromatic carbocycles. The number of aliphatic imine (C=N–C) groups is 2. The highest BCUT2D eigenvalue weighted by atomic mass is 14.8. The van der Waals surface area contributed by atoms with Crippen LogP contribution in [0, 0.1) is 5.92 Å². The summed E-state index contributed by atoms with van der Waals surface area (Å²) in [4.78, 5) is 8.98. The first-order chi connectivity index (χ1) is 12.7. The van der Waals surface area contributed by atoms with Crippen LogP contribution >= 0.6 is 0 Å². The minimum atomic E-state index is 0.321. The van der Waals surface area contributed by atoms with Crippen LogP contribution in [-0.4, -0.2) is 19.0 Å². The molecule has 0 aliphatic carbocycles. The summed E-state index contributed by atoms with van der Waals surface area (Å²) in [5, 5.41) is 0. The first kappa shape index (κ1) is 21.0. The van der Waals surface area contributed by atoms with Crippen LogP contribution in [-0.2, 0) is 0 Å². The summed E-state index contributed by atoms with van der Waals surface area (Å²) in [6.07, 6.45) is 15.6. The number of hydrogen-bond acceptors (Lipinski definition) is 2. The summed E-state index contributed by atoms with van der Waals surface area (Å²) in [6.45, 7) is 16.2. The van der Waals surface area contributed by atoms with Gasteiger partial charge in [-0.2, -0.15) is 0 Å². The highest BCUT2D eigenvalue weighted by Crippen LogP contribution is 2.17. The Labute approximate surface area is 158 Å². The second kappa shape index (κ2) is 12.4. The monoisotopic (exact) mass is 344 g/mol.